The summed E-state index contributed by atoms with van der Waals surface area (Å²) in [6, 6.07) is 5.71. The molecule has 0 unspecified atom stereocenters. The lowest BCUT2D eigenvalue weighted by Crippen LogP contribution is -2.41. The Bertz CT molecular complexity index is 680. The lowest BCUT2D eigenvalue weighted by molar-refractivity contribution is 0.00578. The van der Waals surface area contributed by atoms with Crippen molar-refractivity contribution in [2.24, 2.45) is 5.73 Å². The average molecular weight is 308 g/mol. The Kier molecular flexibility index (Phi) is 3.37. The number of benzene rings is 1. The van der Waals surface area contributed by atoms with E-state index in [0.29, 0.717) is 22.9 Å². The van der Waals surface area contributed by atoms with Crippen LogP contribution in [0.2, 0.25) is 5.02 Å². The van der Waals surface area contributed by atoms with Crippen LogP contribution >= 0.6 is 11.6 Å². The maximum atomic E-state index is 6.31. The molecule has 0 atom stereocenters. The summed E-state index contributed by atoms with van der Waals surface area (Å²) in [5.41, 5.74) is 6.39. The van der Waals surface area contributed by atoms with E-state index in [2.05, 4.69) is 0 Å². The molecule has 1 aliphatic rings. The van der Waals surface area contributed by atoms with E-state index in [-0.39, 0.29) is 11.2 Å². The van der Waals surface area contributed by atoms with Gasteiger partial charge in [-0.2, -0.15) is 0 Å². The van der Waals surface area contributed by atoms with Crippen LogP contribution in [-0.2, 0) is 15.9 Å². The third-order valence-corrected chi connectivity index (χ3v) is 4.65. The van der Waals surface area contributed by atoms with Gasteiger partial charge in [0.25, 0.3) is 0 Å². The van der Waals surface area contributed by atoms with Crippen LogP contribution in [-0.4, -0.2) is 18.3 Å². The molecule has 6 heteroatoms. The van der Waals surface area contributed by atoms with Gasteiger partial charge in [-0.15, -0.1) is 0 Å². The first-order valence-electron chi connectivity index (χ1n) is 7.01. The lowest BCUT2D eigenvalue weighted by Gasteiger charge is -2.32. The molecule has 0 amide bonds. The predicted octanol–water partition coefficient (Wildman–Crippen LogP) is 2.84. The van der Waals surface area contributed by atoms with Gasteiger partial charge in [0, 0.05) is 5.39 Å². The summed E-state index contributed by atoms with van der Waals surface area (Å²) >= 11 is 6.31. The van der Waals surface area contributed by atoms with Gasteiger partial charge in [-0.25, -0.2) is 0 Å². The highest BCUT2D eigenvalue weighted by Crippen LogP contribution is 2.37. The zero-order chi connectivity index (χ0) is 15.4. The smallest absolute Gasteiger partial charge is 0.458 e. The van der Waals surface area contributed by atoms with Crippen molar-refractivity contribution < 1.29 is 13.7 Å². The Morgan fingerprint density at radius 2 is 1.71 bits per heavy atom. The Hall–Kier alpha value is -1.01. The molecule has 1 aromatic heterocycles. The summed E-state index contributed by atoms with van der Waals surface area (Å²) in [4.78, 5) is 0. The normalized spacial score (nSPS) is 20.4. The van der Waals surface area contributed by atoms with Crippen LogP contribution in [0.15, 0.2) is 22.6 Å². The number of halogens is 1. The van der Waals surface area contributed by atoms with Gasteiger partial charge in [0.15, 0.2) is 5.58 Å². The minimum atomic E-state index is -0.437. The van der Waals surface area contributed by atoms with Gasteiger partial charge in [-0.3, -0.25) is 0 Å². The maximum absolute atomic E-state index is 6.31. The van der Waals surface area contributed by atoms with Crippen molar-refractivity contribution in [1.29, 1.82) is 0 Å². The molecule has 0 bridgehead atoms. The van der Waals surface area contributed by atoms with Crippen molar-refractivity contribution in [3.63, 3.8) is 0 Å². The summed E-state index contributed by atoms with van der Waals surface area (Å²) in [7, 11) is -0.437. The Morgan fingerprint density at radius 1 is 1.10 bits per heavy atom. The van der Waals surface area contributed by atoms with Gasteiger partial charge in [0.2, 0.25) is 0 Å². The minimum Gasteiger partial charge on any atom is -0.458 e. The molecule has 3 rings (SSSR count). The zero-order valence-electron chi connectivity index (χ0n) is 12.7. The first-order chi connectivity index (χ1) is 9.73. The van der Waals surface area contributed by atoms with Crippen molar-refractivity contribution >= 4 is 35.2 Å². The van der Waals surface area contributed by atoms with E-state index >= 15 is 0 Å². The second kappa shape index (κ2) is 4.75. The molecular formula is C15H19BClNO3. The van der Waals surface area contributed by atoms with Gasteiger partial charge < -0.3 is 19.5 Å². The number of hydrogen-bond acceptors (Lipinski definition) is 4. The van der Waals surface area contributed by atoms with Crippen LogP contribution in [0.4, 0.5) is 0 Å². The largest absolute Gasteiger partial charge is 0.494 e. The topological polar surface area (TPSA) is 57.6 Å². The minimum absolute atomic E-state index is 0.344. The molecule has 0 aliphatic carbocycles. The van der Waals surface area contributed by atoms with Gasteiger partial charge in [0.1, 0.15) is 5.76 Å². The zero-order valence-corrected chi connectivity index (χ0v) is 13.5. The number of hydrogen-bond donors (Lipinski definition) is 1. The summed E-state index contributed by atoms with van der Waals surface area (Å²) in [5.74, 6) is 0.706. The van der Waals surface area contributed by atoms with E-state index < -0.39 is 7.12 Å². The second-order valence-electron chi connectivity index (χ2n) is 6.43. The molecule has 0 spiro atoms. The van der Waals surface area contributed by atoms with Gasteiger partial charge >= 0.3 is 7.12 Å². The van der Waals surface area contributed by atoms with Crippen LogP contribution in [0.25, 0.3) is 11.0 Å². The van der Waals surface area contributed by atoms with Crippen LogP contribution in [0.1, 0.15) is 33.5 Å². The molecule has 4 nitrogen and oxygen atoms in total. The summed E-state index contributed by atoms with van der Waals surface area (Å²) < 4.78 is 17.7. The van der Waals surface area contributed by atoms with Crippen LogP contribution in [0.3, 0.4) is 0 Å². The number of fused-ring (bicyclic) bond motifs is 1. The first kappa shape index (κ1) is 14.9. The van der Waals surface area contributed by atoms with E-state index in [1.165, 1.54) is 0 Å². The molecule has 0 saturated carbocycles. The highest BCUT2D eigenvalue weighted by molar-refractivity contribution is 6.63. The van der Waals surface area contributed by atoms with Gasteiger partial charge in [-0.05, 0) is 45.3 Å². The lowest BCUT2D eigenvalue weighted by atomic mass is 9.78. The SMILES string of the molecule is CC1(C)OB(c2cc(Cl)c3oc(CN)cc3c2)OC1(C)C. The Labute approximate surface area is 129 Å². The molecule has 112 valence electrons. The van der Waals surface area contributed by atoms with Crippen molar-refractivity contribution in [1.82, 2.24) is 0 Å². The fraction of sp³-hybridized carbons (Fsp3) is 0.467. The quantitative estimate of drug-likeness (QED) is 0.867. The fourth-order valence-corrected chi connectivity index (χ4v) is 2.67. The van der Waals surface area contributed by atoms with Crippen molar-refractivity contribution in [2.45, 2.75) is 45.4 Å². The van der Waals surface area contributed by atoms with Gasteiger partial charge in [-0.1, -0.05) is 17.7 Å². The van der Waals surface area contributed by atoms with Crippen LogP contribution < -0.4 is 11.2 Å². The van der Waals surface area contributed by atoms with E-state index in [0.717, 1.165) is 10.8 Å². The van der Waals surface area contributed by atoms with E-state index in [9.17, 15) is 0 Å². The number of furan rings is 1. The molecule has 1 aromatic carbocycles. The van der Waals surface area contributed by atoms with Crippen molar-refractivity contribution in [3.8, 4) is 0 Å². The highest BCUT2D eigenvalue weighted by atomic mass is 35.5. The third-order valence-electron chi connectivity index (χ3n) is 4.37. The molecule has 2 N–H and O–H groups in total. The highest BCUT2D eigenvalue weighted by Gasteiger charge is 2.51. The van der Waals surface area contributed by atoms with Crippen LogP contribution in [0, 0.1) is 0 Å². The molecule has 0 radical (unpaired) electrons. The Balaban J connectivity index is 2.02. The van der Waals surface area contributed by atoms with E-state index in [1.54, 1.807) is 0 Å². The van der Waals surface area contributed by atoms with E-state index in [1.807, 2.05) is 45.9 Å². The number of nitrogens with two attached hydrogens (primary N) is 1. The van der Waals surface area contributed by atoms with Crippen LogP contribution in [0.5, 0.6) is 0 Å². The molecular weight excluding hydrogens is 288 g/mol. The third kappa shape index (κ3) is 2.38. The second-order valence-corrected chi connectivity index (χ2v) is 6.83. The molecule has 2 heterocycles. The fourth-order valence-electron chi connectivity index (χ4n) is 2.40. The first-order valence-corrected chi connectivity index (χ1v) is 7.39. The summed E-state index contributed by atoms with van der Waals surface area (Å²) in [5, 5.41) is 1.45. The molecule has 2 aromatic rings. The number of rotatable bonds is 2. The van der Waals surface area contributed by atoms with Gasteiger partial charge in [0.05, 0.1) is 22.8 Å². The monoisotopic (exact) mass is 307 g/mol. The van der Waals surface area contributed by atoms with Crippen molar-refractivity contribution in [2.75, 3.05) is 0 Å². The predicted molar refractivity (Wildman–Crippen MR) is 84.8 cm³/mol. The molecule has 1 aliphatic heterocycles. The summed E-state index contributed by atoms with van der Waals surface area (Å²) in [6.07, 6.45) is 0. The molecule has 21 heavy (non-hydrogen) atoms. The Morgan fingerprint density at radius 3 is 2.29 bits per heavy atom. The molecule has 1 fully saturated rings. The van der Waals surface area contributed by atoms with E-state index in [4.69, 9.17) is 31.1 Å². The summed E-state index contributed by atoms with van der Waals surface area (Å²) in [6.45, 7) is 8.45. The van der Waals surface area contributed by atoms with Crippen molar-refractivity contribution in [3.05, 3.63) is 29.0 Å². The molecule has 1 saturated heterocycles. The standard InChI is InChI=1S/C15H19BClNO3/c1-14(2)15(3,4)21-16(20-14)10-5-9-6-11(8-18)19-13(9)12(17)7-10/h5-7H,8,18H2,1-4H3. The average Bonchev–Trinajstić information content (AvgIpc) is 2.89. The maximum Gasteiger partial charge on any atom is 0.494 e.